The number of hydrogen-bond acceptors (Lipinski definition) is 2. The van der Waals surface area contributed by atoms with Gasteiger partial charge in [-0.05, 0) is 49.3 Å². The molecule has 0 bridgehead atoms. The Labute approximate surface area is 120 Å². The SMILES string of the molecule is O=C1C=C(CCCCCc2ccccc2)C2(CC1)CO2. The second kappa shape index (κ2) is 5.92. The summed E-state index contributed by atoms with van der Waals surface area (Å²) >= 11 is 0. The summed E-state index contributed by atoms with van der Waals surface area (Å²) in [7, 11) is 0. The summed E-state index contributed by atoms with van der Waals surface area (Å²) < 4.78 is 5.60. The number of hydrogen-bond donors (Lipinski definition) is 0. The van der Waals surface area contributed by atoms with Crippen molar-refractivity contribution in [1.82, 2.24) is 0 Å². The van der Waals surface area contributed by atoms with Gasteiger partial charge in [-0.15, -0.1) is 0 Å². The maximum absolute atomic E-state index is 11.5. The highest BCUT2D eigenvalue weighted by atomic mass is 16.6. The largest absolute Gasteiger partial charge is 0.365 e. The molecule has 0 saturated carbocycles. The Morgan fingerprint density at radius 3 is 2.55 bits per heavy atom. The molecule has 106 valence electrons. The number of unbranched alkanes of at least 4 members (excludes halogenated alkanes) is 2. The third-order valence-electron chi connectivity index (χ3n) is 4.44. The fourth-order valence-corrected chi connectivity index (χ4v) is 3.07. The minimum atomic E-state index is -0.0205. The van der Waals surface area contributed by atoms with Crippen molar-refractivity contribution in [2.24, 2.45) is 0 Å². The fourth-order valence-electron chi connectivity index (χ4n) is 3.07. The third kappa shape index (κ3) is 3.18. The van der Waals surface area contributed by atoms with Crippen LogP contribution in [0.25, 0.3) is 0 Å². The van der Waals surface area contributed by atoms with Crippen molar-refractivity contribution in [3.05, 3.63) is 47.5 Å². The molecule has 1 spiro atoms. The smallest absolute Gasteiger partial charge is 0.155 e. The number of ketones is 1. The summed E-state index contributed by atoms with van der Waals surface area (Å²) in [5.74, 6) is 0.283. The Morgan fingerprint density at radius 1 is 1.05 bits per heavy atom. The predicted octanol–water partition coefficient (Wildman–Crippen LogP) is 3.85. The van der Waals surface area contributed by atoms with Gasteiger partial charge in [0.1, 0.15) is 5.60 Å². The Hall–Kier alpha value is -1.41. The molecule has 1 aromatic rings. The van der Waals surface area contributed by atoms with E-state index in [0.29, 0.717) is 6.42 Å². The highest BCUT2D eigenvalue weighted by Gasteiger charge is 2.49. The van der Waals surface area contributed by atoms with E-state index in [2.05, 4.69) is 30.3 Å². The van der Waals surface area contributed by atoms with Gasteiger partial charge < -0.3 is 4.74 Å². The quantitative estimate of drug-likeness (QED) is 0.580. The van der Waals surface area contributed by atoms with E-state index in [1.807, 2.05) is 6.08 Å². The van der Waals surface area contributed by atoms with Gasteiger partial charge in [0.2, 0.25) is 0 Å². The highest BCUT2D eigenvalue weighted by molar-refractivity contribution is 5.92. The van der Waals surface area contributed by atoms with Crippen molar-refractivity contribution in [3.8, 4) is 0 Å². The molecule has 2 heteroatoms. The maximum atomic E-state index is 11.5. The summed E-state index contributed by atoms with van der Waals surface area (Å²) in [6, 6.07) is 10.6. The third-order valence-corrected chi connectivity index (χ3v) is 4.44. The van der Waals surface area contributed by atoms with Crippen LogP contribution in [-0.2, 0) is 16.0 Å². The number of carbonyl (C=O) groups is 1. The van der Waals surface area contributed by atoms with E-state index in [4.69, 9.17) is 4.74 Å². The normalized spacial score (nSPS) is 24.8. The second-order valence-corrected chi connectivity index (χ2v) is 5.97. The average Bonchev–Trinajstić information content (AvgIpc) is 3.24. The van der Waals surface area contributed by atoms with E-state index >= 15 is 0 Å². The molecule has 0 radical (unpaired) electrons. The first kappa shape index (κ1) is 13.6. The van der Waals surface area contributed by atoms with Crippen molar-refractivity contribution < 1.29 is 9.53 Å². The minimum Gasteiger partial charge on any atom is -0.365 e. The molecule has 2 nitrogen and oxygen atoms in total. The summed E-state index contributed by atoms with van der Waals surface area (Å²) in [6.45, 7) is 0.829. The van der Waals surface area contributed by atoms with Crippen LogP contribution < -0.4 is 0 Å². The monoisotopic (exact) mass is 270 g/mol. The van der Waals surface area contributed by atoms with E-state index in [1.54, 1.807) is 0 Å². The van der Waals surface area contributed by atoms with Crippen LogP contribution in [0.1, 0.15) is 44.1 Å². The molecule has 3 rings (SSSR count). The first-order valence-electron chi connectivity index (χ1n) is 7.70. The lowest BCUT2D eigenvalue weighted by Gasteiger charge is -2.20. The zero-order valence-electron chi connectivity index (χ0n) is 11.9. The zero-order valence-corrected chi connectivity index (χ0v) is 11.9. The molecule has 0 N–H and O–H groups in total. The molecule has 1 aliphatic heterocycles. The molecule has 1 unspecified atom stereocenters. The van der Waals surface area contributed by atoms with E-state index in [-0.39, 0.29) is 11.4 Å². The van der Waals surface area contributed by atoms with Crippen LogP contribution in [0.3, 0.4) is 0 Å². The van der Waals surface area contributed by atoms with Gasteiger partial charge in [0.05, 0.1) is 6.61 Å². The maximum Gasteiger partial charge on any atom is 0.155 e. The van der Waals surface area contributed by atoms with Crippen molar-refractivity contribution in [2.45, 2.75) is 50.5 Å². The molecule has 1 aromatic carbocycles. The lowest BCUT2D eigenvalue weighted by molar-refractivity contribution is -0.115. The Balaban J connectivity index is 1.41. The van der Waals surface area contributed by atoms with E-state index in [0.717, 1.165) is 32.3 Å². The zero-order chi connectivity index (χ0) is 13.8. The highest BCUT2D eigenvalue weighted by Crippen LogP contribution is 2.44. The van der Waals surface area contributed by atoms with Gasteiger partial charge in [-0.25, -0.2) is 0 Å². The van der Waals surface area contributed by atoms with Gasteiger partial charge in [0.25, 0.3) is 0 Å². The number of epoxide rings is 1. The molecule has 1 atom stereocenters. The van der Waals surface area contributed by atoms with Crippen molar-refractivity contribution in [2.75, 3.05) is 6.61 Å². The van der Waals surface area contributed by atoms with Crippen LogP contribution in [0.2, 0.25) is 0 Å². The average molecular weight is 270 g/mol. The molecule has 1 heterocycles. The lowest BCUT2D eigenvalue weighted by Crippen LogP contribution is -2.22. The summed E-state index contributed by atoms with van der Waals surface area (Å²) in [5.41, 5.74) is 2.66. The first-order valence-corrected chi connectivity index (χ1v) is 7.70. The topological polar surface area (TPSA) is 29.6 Å². The van der Waals surface area contributed by atoms with E-state index in [9.17, 15) is 4.79 Å². The molecule has 1 aliphatic carbocycles. The molecule has 20 heavy (non-hydrogen) atoms. The van der Waals surface area contributed by atoms with Crippen molar-refractivity contribution in [1.29, 1.82) is 0 Å². The van der Waals surface area contributed by atoms with Crippen LogP contribution in [0.5, 0.6) is 0 Å². The van der Waals surface area contributed by atoms with Crippen LogP contribution in [0.15, 0.2) is 42.0 Å². The van der Waals surface area contributed by atoms with Crippen LogP contribution >= 0.6 is 0 Å². The summed E-state index contributed by atoms with van der Waals surface area (Å²) in [5, 5.41) is 0. The summed E-state index contributed by atoms with van der Waals surface area (Å²) in [6.07, 6.45) is 9.21. The lowest BCUT2D eigenvalue weighted by atomic mass is 9.84. The van der Waals surface area contributed by atoms with Crippen LogP contribution in [0, 0.1) is 0 Å². The Kier molecular flexibility index (Phi) is 4.02. The second-order valence-electron chi connectivity index (χ2n) is 5.97. The molecule has 0 aromatic heterocycles. The predicted molar refractivity (Wildman–Crippen MR) is 79.6 cm³/mol. The number of carbonyl (C=O) groups excluding carboxylic acids is 1. The molecule has 1 saturated heterocycles. The number of aryl methyl sites for hydroxylation is 1. The van der Waals surface area contributed by atoms with Gasteiger partial charge in [0, 0.05) is 6.42 Å². The van der Waals surface area contributed by atoms with Gasteiger partial charge in [-0.1, -0.05) is 36.8 Å². The molecule has 2 aliphatic rings. The molecular weight excluding hydrogens is 248 g/mol. The number of ether oxygens (including phenoxy) is 1. The van der Waals surface area contributed by atoms with Crippen molar-refractivity contribution in [3.63, 3.8) is 0 Å². The van der Waals surface area contributed by atoms with Gasteiger partial charge >= 0.3 is 0 Å². The van der Waals surface area contributed by atoms with Gasteiger partial charge in [-0.3, -0.25) is 4.79 Å². The standard InChI is InChI=1S/C18H22O2/c19-17-11-12-18(14-20-18)16(13-17)10-6-2-5-9-15-7-3-1-4-8-15/h1,3-4,7-8,13H,2,5-6,9-12,14H2. The van der Waals surface area contributed by atoms with Crippen LogP contribution in [-0.4, -0.2) is 18.0 Å². The van der Waals surface area contributed by atoms with Crippen LogP contribution in [0.4, 0.5) is 0 Å². The number of rotatable bonds is 6. The minimum absolute atomic E-state index is 0.0205. The molecule has 1 fully saturated rings. The number of allylic oxidation sites excluding steroid dienone is 1. The number of benzene rings is 1. The Morgan fingerprint density at radius 2 is 1.80 bits per heavy atom. The fraction of sp³-hybridized carbons (Fsp3) is 0.500. The van der Waals surface area contributed by atoms with Gasteiger partial charge in [-0.2, -0.15) is 0 Å². The van der Waals surface area contributed by atoms with Gasteiger partial charge in [0.15, 0.2) is 5.78 Å². The summed E-state index contributed by atoms with van der Waals surface area (Å²) in [4.78, 5) is 11.5. The molecule has 0 amide bonds. The van der Waals surface area contributed by atoms with E-state index < -0.39 is 0 Å². The van der Waals surface area contributed by atoms with Crippen molar-refractivity contribution >= 4 is 5.78 Å². The van der Waals surface area contributed by atoms with E-state index in [1.165, 1.54) is 24.0 Å². The molecular formula is C18H22O2. The Bertz CT molecular complexity index is 497. The first-order chi connectivity index (χ1) is 9.78.